The molecular formula is C42H31N2O2P. The maximum absolute atomic E-state index is 12.8. The Bertz CT molecular complexity index is 2440. The first kappa shape index (κ1) is 28.9. The Kier molecular flexibility index (Phi) is 7.16. The number of fused-ring (bicyclic) bond motifs is 3. The number of hydrogen-bond acceptors (Lipinski definition) is 4. The molecule has 226 valence electrons. The summed E-state index contributed by atoms with van der Waals surface area (Å²) >= 11 is 0. The predicted molar refractivity (Wildman–Crippen MR) is 196 cm³/mol. The summed E-state index contributed by atoms with van der Waals surface area (Å²) in [5.41, 5.74) is 10.8. The molecule has 0 atom stereocenters. The van der Waals surface area contributed by atoms with Crippen LogP contribution in [0.3, 0.4) is 0 Å². The summed E-state index contributed by atoms with van der Waals surface area (Å²) in [6.45, 7) is 3.61. The van der Waals surface area contributed by atoms with Crippen LogP contribution in [0.2, 0.25) is 0 Å². The lowest BCUT2D eigenvalue weighted by atomic mass is 9.97. The van der Waals surface area contributed by atoms with E-state index in [2.05, 4.69) is 78.9 Å². The van der Waals surface area contributed by atoms with Crippen molar-refractivity contribution in [2.45, 2.75) is 0 Å². The van der Waals surface area contributed by atoms with Crippen molar-refractivity contribution in [3.05, 3.63) is 152 Å². The summed E-state index contributed by atoms with van der Waals surface area (Å²) < 4.78 is 19.1. The minimum absolute atomic E-state index is 0.784. The number of nitrogens with zero attached hydrogens (tertiary/aromatic N) is 2. The van der Waals surface area contributed by atoms with Crippen LogP contribution in [0.15, 0.2) is 156 Å². The van der Waals surface area contributed by atoms with Crippen LogP contribution in [0.1, 0.15) is 0 Å². The molecule has 0 aliphatic carbocycles. The summed E-state index contributed by atoms with van der Waals surface area (Å²) in [6.07, 6.45) is 0. The maximum atomic E-state index is 12.8. The average molecular weight is 627 g/mol. The van der Waals surface area contributed by atoms with Gasteiger partial charge in [-0.15, -0.1) is 0 Å². The Morgan fingerprint density at radius 1 is 0.426 bits per heavy atom. The van der Waals surface area contributed by atoms with Gasteiger partial charge in [-0.05, 0) is 48.7 Å². The fourth-order valence-electron chi connectivity index (χ4n) is 6.15. The first-order chi connectivity index (χ1) is 22.9. The van der Waals surface area contributed by atoms with Gasteiger partial charge in [0, 0.05) is 38.3 Å². The van der Waals surface area contributed by atoms with Gasteiger partial charge in [-0.1, -0.05) is 127 Å². The van der Waals surface area contributed by atoms with E-state index in [4.69, 9.17) is 14.4 Å². The molecule has 6 aromatic carbocycles. The summed E-state index contributed by atoms with van der Waals surface area (Å²) in [5.74, 6) is 0. The Hall–Kier alpha value is -5.57. The van der Waals surface area contributed by atoms with Crippen LogP contribution in [-0.4, -0.2) is 23.3 Å². The highest BCUT2D eigenvalue weighted by Gasteiger charge is 2.21. The van der Waals surface area contributed by atoms with Crippen molar-refractivity contribution in [3.63, 3.8) is 0 Å². The minimum atomic E-state index is -2.38. The van der Waals surface area contributed by atoms with Crippen LogP contribution < -0.4 is 5.30 Å². The molecular weight excluding hydrogens is 595 g/mol. The molecule has 0 N–H and O–H groups in total. The van der Waals surface area contributed by atoms with Crippen molar-refractivity contribution in [2.24, 2.45) is 0 Å². The van der Waals surface area contributed by atoms with Crippen LogP contribution in [0.25, 0.3) is 78.1 Å². The van der Waals surface area contributed by atoms with Crippen molar-refractivity contribution < 1.29 is 8.98 Å². The van der Waals surface area contributed by atoms with Gasteiger partial charge in [0.05, 0.1) is 22.8 Å². The van der Waals surface area contributed by atoms with Gasteiger partial charge in [0.1, 0.15) is 18.3 Å². The average Bonchev–Trinajstić information content (AvgIpc) is 3.50. The van der Waals surface area contributed by atoms with Gasteiger partial charge in [0.15, 0.2) is 0 Å². The third-order valence-corrected chi connectivity index (χ3v) is 10.1. The highest BCUT2D eigenvalue weighted by atomic mass is 31.2. The largest absolute Gasteiger partial charge is 0.456 e. The van der Waals surface area contributed by atoms with Gasteiger partial charge in [-0.3, -0.25) is 0 Å². The third-order valence-electron chi connectivity index (χ3n) is 8.60. The van der Waals surface area contributed by atoms with Gasteiger partial charge in [-0.25, -0.2) is 9.97 Å². The summed E-state index contributed by atoms with van der Waals surface area (Å²) in [4.78, 5) is 10.8. The van der Waals surface area contributed by atoms with Gasteiger partial charge >= 0.3 is 0 Å². The van der Waals surface area contributed by atoms with E-state index in [1.54, 1.807) is 0 Å². The first-order valence-electron chi connectivity index (χ1n) is 15.6. The number of aromatic nitrogens is 2. The molecule has 0 bridgehead atoms. The van der Waals surface area contributed by atoms with Gasteiger partial charge in [-0.2, -0.15) is 0 Å². The van der Waals surface area contributed by atoms with E-state index in [1.165, 1.54) is 0 Å². The predicted octanol–water partition coefficient (Wildman–Crippen LogP) is 11.0. The highest BCUT2D eigenvalue weighted by molar-refractivity contribution is 7.70. The van der Waals surface area contributed by atoms with Crippen molar-refractivity contribution in [3.8, 4) is 56.2 Å². The lowest BCUT2D eigenvalue weighted by Crippen LogP contribution is -2.02. The van der Waals surface area contributed by atoms with Gasteiger partial charge in [0.2, 0.25) is 0 Å². The molecule has 0 amide bonds. The summed E-state index contributed by atoms with van der Waals surface area (Å²) in [6, 6.07) is 51.3. The Balaban J connectivity index is 1.33. The molecule has 4 nitrogen and oxygen atoms in total. The molecule has 0 unspecified atom stereocenters. The number of benzene rings is 6. The molecule has 0 fully saturated rings. The molecule has 8 aromatic rings. The standard InChI is InChI=1S/C42H31N2O2P/c1-47(2,45)34-17-11-16-32(26-34)28-20-22-31(23-21-28)41-39(29-12-5-3-6-13-29)43-40(30-14-7-4-8-15-30)42(44-41)33-24-25-36-35-18-9-10-19-37(35)46-38(36)27-33/h3-27H,1-2H3. The molecule has 47 heavy (non-hydrogen) atoms. The van der Waals surface area contributed by atoms with Crippen molar-refractivity contribution in [1.82, 2.24) is 9.97 Å². The van der Waals surface area contributed by atoms with E-state index in [0.29, 0.717) is 0 Å². The second kappa shape index (κ2) is 11.7. The number of furan rings is 1. The number of rotatable bonds is 6. The lowest BCUT2D eigenvalue weighted by Gasteiger charge is -2.16. The Labute approximate surface area is 273 Å². The molecule has 2 aromatic heterocycles. The SMILES string of the molecule is CP(C)(=O)c1cccc(-c2ccc(-c3nc(-c4ccc5c(c4)oc4ccccc45)c(-c4ccccc4)nc3-c3ccccc3)cc2)c1. The molecule has 2 heterocycles. The van der Waals surface area contributed by atoms with E-state index in [1.807, 2.05) is 86.1 Å². The monoisotopic (exact) mass is 626 g/mol. The van der Waals surface area contributed by atoms with Crippen LogP contribution in [0.5, 0.6) is 0 Å². The normalized spacial score (nSPS) is 11.7. The molecule has 5 heteroatoms. The van der Waals surface area contributed by atoms with E-state index >= 15 is 0 Å². The zero-order valence-corrected chi connectivity index (χ0v) is 27.0. The van der Waals surface area contributed by atoms with Crippen LogP contribution in [-0.2, 0) is 4.57 Å². The topological polar surface area (TPSA) is 56.0 Å². The van der Waals surface area contributed by atoms with E-state index in [9.17, 15) is 4.57 Å². The number of hydrogen-bond donors (Lipinski definition) is 0. The molecule has 0 spiro atoms. The molecule has 0 aliphatic rings. The number of para-hydroxylation sites is 1. The summed E-state index contributed by atoms with van der Waals surface area (Å²) in [7, 11) is -2.38. The second-order valence-electron chi connectivity index (χ2n) is 12.1. The lowest BCUT2D eigenvalue weighted by molar-refractivity contribution is 0.588. The van der Waals surface area contributed by atoms with E-state index < -0.39 is 7.14 Å². The van der Waals surface area contributed by atoms with E-state index in [-0.39, 0.29) is 0 Å². The highest BCUT2D eigenvalue weighted by Crippen LogP contribution is 2.40. The maximum Gasteiger partial charge on any atom is 0.136 e. The Morgan fingerprint density at radius 2 is 0.915 bits per heavy atom. The van der Waals surface area contributed by atoms with Crippen LogP contribution in [0, 0.1) is 0 Å². The zero-order chi connectivity index (χ0) is 32.0. The quantitative estimate of drug-likeness (QED) is 0.172. The van der Waals surface area contributed by atoms with E-state index in [0.717, 1.165) is 83.4 Å². The van der Waals surface area contributed by atoms with Crippen LogP contribution >= 0.6 is 7.14 Å². The van der Waals surface area contributed by atoms with Crippen molar-refractivity contribution in [1.29, 1.82) is 0 Å². The molecule has 0 aliphatic heterocycles. The minimum Gasteiger partial charge on any atom is -0.456 e. The Morgan fingerprint density at radius 3 is 1.55 bits per heavy atom. The van der Waals surface area contributed by atoms with Gasteiger partial charge in [0.25, 0.3) is 0 Å². The van der Waals surface area contributed by atoms with Crippen LogP contribution in [0.4, 0.5) is 0 Å². The smallest absolute Gasteiger partial charge is 0.136 e. The first-order valence-corrected chi connectivity index (χ1v) is 18.2. The fourth-order valence-corrected chi connectivity index (χ4v) is 7.04. The second-order valence-corrected chi connectivity index (χ2v) is 15.4. The molecule has 0 radical (unpaired) electrons. The summed E-state index contributed by atoms with van der Waals surface area (Å²) in [5, 5.41) is 3.04. The van der Waals surface area contributed by atoms with Crippen molar-refractivity contribution >= 4 is 34.4 Å². The van der Waals surface area contributed by atoms with Gasteiger partial charge < -0.3 is 8.98 Å². The third kappa shape index (κ3) is 5.48. The molecule has 0 saturated heterocycles. The molecule has 0 saturated carbocycles. The fraction of sp³-hybridized carbons (Fsp3) is 0.0476. The molecule has 8 rings (SSSR count). The van der Waals surface area contributed by atoms with Crippen molar-refractivity contribution in [2.75, 3.05) is 13.3 Å². The zero-order valence-electron chi connectivity index (χ0n) is 26.1.